The fourth-order valence-electron chi connectivity index (χ4n) is 1.09. The molecule has 16 heavy (non-hydrogen) atoms. The molecule has 0 unspecified atom stereocenters. The van der Waals surface area contributed by atoms with Crippen LogP contribution in [0, 0.1) is 0 Å². The van der Waals surface area contributed by atoms with E-state index in [1.807, 2.05) is 0 Å². The lowest BCUT2D eigenvalue weighted by molar-refractivity contribution is 0.147. The third-order valence-electron chi connectivity index (χ3n) is 1.69. The van der Waals surface area contributed by atoms with E-state index in [0.29, 0.717) is 0 Å². The molecule has 0 amide bonds. The number of primary sulfonamides is 1. The monoisotopic (exact) mass is 272 g/mol. The maximum absolute atomic E-state index is 12.6. The van der Waals surface area contributed by atoms with E-state index in [1.165, 1.54) is 0 Å². The van der Waals surface area contributed by atoms with E-state index in [0.717, 1.165) is 13.3 Å². The number of hydrogen-bond donors (Lipinski definition) is 1. The van der Waals surface area contributed by atoms with Gasteiger partial charge in [0.25, 0.3) is 6.43 Å². The fraction of sp³-hybridized carbons (Fsp3) is 0.286. The summed E-state index contributed by atoms with van der Waals surface area (Å²) >= 11 is 5.44. The molecule has 0 atom stereocenters. The Morgan fingerprint density at radius 3 is 2.50 bits per heavy atom. The van der Waals surface area contributed by atoms with Crippen LogP contribution in [-0.4, -0.2) is 20.5 Å². The molecular weight excluding hydrogens is 266 g/mol. The number of rotatable bonds is 3. The predicted molar refractivity (Wildman–Crippen MR) is 52.1 cm³/mol. The van der Waals surface area contributed by atoms with Crippen molar-refractivity contribution in [2.75, 3.05) is 7.11 Å². The second-order valence-electron chi connectivity index (χ2n) is 2.70. The lowest BCUT2D eigenvalue weighted by Crippen LogP contribution is -2.17. The van der Waals surface area contributed by atoms with Gasteiger partial charge in [-0.2, -0.15) is 0 Å². The molecule has 0 radical (unpaired) electrons. The average Bonchev–Trinajstić information content (AvgIpc) is 2.15. The first-order valence-corrected chi connectivity index (χ1v) is 5.74. The van der Waals surface area contributed by atoms with Gasteiger partial charge in [-0.3, -0.25) is 0 Å². The molecule has 1 aromatic rings. The summed E-state index contributed by atoms with van der Waals surface area (Å²) in [5.74, 6) is -0.512. The van der Waals surface area contributed by atoms with Gasteiger partial charge in [-0.1, -0.05) is 11.6 Å². The summed E-state index contributed by atoms with van der Waals surface area (Å²) in [7, 11) is -3.31. The van der Waals surface area contributed by atoms with Crippen molar-refractivity contribution in [2.45, 2.75) is 11.3 Å². The fourth-order valence-corrected chi connectivity index (χ4v) is 2.26. The Morgan fingerprint density at radius 1 is 1.56 bits per heavy atom. The summed E-state index contributed by atoms with van der Waals surface area (Å²) in [6, 6.07) is 0. The lowest BCUT2D eigenvalue weighted by atomic mass is 10.3. The molecule has 1 aromatic heterocycles. The molecule has 2 N–H and O–H groups in total. The van der Waals surface area contributed by atoms with Crippen LogP contribution in [0.2, 0.25) is 5.02 Å². The Hall–Kier alpha value is -0.990. The minimum Gasteiger partial charge on any atom is -0.480 e. The smallest absolute Gasteiger partial charge is 0.266 e. The Bertz CT molecular complexity index is 507. The van der Waals surface area contributed by atoms with Crippen LogP contribution in [0.1, 0.15) is 12.0 Å². The molecule has 0 saturated carbocycles. The highest BCUT2D eigenvalue weighted by atomic mass is 35.5. The molecule has 0 bridgehead atoms. The summed E-state index contributed by atoms with van der Waals surface area (Å²) in [5.41, 5.74) is -0.906. The largest absolute Gasteiger partial charge is 0.480 e. The van der Waals surface area contributed by atoms with Crippen molar-refractivity contribution in [2.24, 2.45) is 5.14 Å². The molecule has 1 heterocycles. The standard InChI is InChI=1S/C7H7ClF2N2O3S/c1-15-7-5(16(11,13)14)4(6(9)10)3(8)2-12-7/h2,6H,1H3,(H2,11,13,14). The van der Waals surface area contributed by atoms with Crippen LogP contribution in [0.3, 0.4) is 0 Å². The zero-order chi connectivity index (χ0) is 12.5. The SMILES string of the molecule is COc1ncc(Cl)c(C(F)F)c1S(N)(=O)=O. The second kappa shape index (κ2) is 4.48. The van der Waals surface area contributed by atoms with Crippen LogP contribution in [0.5, 0.6) is 5.88 Å². The lowest BCUT2D eigenvalue weighted by Gasteiger charge is -2.11. The van der Waals surface area contributed by atoms with Crippen LogP contribution in [0.4, 0.5) is 8.78 Å². The van der Waals surface area contributed by atoms with Crippen molar-refractivity contribution < 1.29 is 21.9 Å². The van der Waals surface area contributed by atoms with E-state index in [-0.39, 0.29) is 0 Å². The third-order valence-corrected chi connectivity index (χ3v) is 2.95. The average molecular weight is 273 g/mol. The number of ether oxygens (including phenoxy) is 1. The molecule has 0 fully saturated rings. The zero-order valence-electron chi connectivity index (χ0n) is 7.95. The number of aromatic nitrogens is 1. The summed E-state index contributed by atoms with van der Waals surface area (Å²) in [6.45, 7) is 0. The van der Waals surface area contributed by atoms with E-state index >= 15 is 0 Å². The van der Waals surface area contributed by atoms with Crippen molar-refractivity contribution in [1.82, 2.24) is 4.98 Å². The number of pyridine rings is 1. The molecule has 0 spiro atoms. The Kier molecular flexibility index (Phi) is 3.66. The van der Waals surface area contributed by atoms with Crippen molar-refractivity contribution in [1.29, 1.82) is 0 Å². The van der Waals surface area contributed by atoms with Gasteiger partial charge >= 0.3 is 0 Å². The maximum atomic E-state index is 12.6. The summed E-state index contributed by atoms with van der Waals surface area (Å²) in [4.78, 5) is 2.57. The summed E-state index contributed by atoms with van der Waals surface area (Å²) in [5, 5.41) is 4.31. The van der Waals surface area contributed by atoms with Gasteiger partial charge in [0.2, 0.25) is 15.9 Å². The van der Waals surface area contributed by atoms with Crippen molar-refractivity contribution in [3.63, 3.8) is 0 Å². The first-order valence-electron chi connectivity index (χ1n) is 3.82. The number of halogens is 3. The number of nitrogens with two attached hydrogens (primary N) is 1. The van der Waals surface area contributed by atoms with Crippen LogP contribution in [0.15, 0.2) is 11.1 Å². The third kappa shape index (κ3) is 2.39. The highest BCUT2D eigenvalue weighted by molar-refractivity contribution is 7.89. The van der Waals surface area contributed by atoms with Gasteiger partial charge in [-0.15, -0.1) is 0 Å². The van der Waals surface area contributed by atoms with Gasteiger partial charge in [-0.05, 0) is 0 Å². The molecule has 1 rings (SSSR count). The van der Waals surface area contributed by atoms with Gasteiger partial charge in [-0.25, -0.2) is 27.3 Å². The minimum absolute atomic E-state index is 0.486. The minimum atomic E-state index is -4.40. The molecular formula is C7H7ClF2N2O3S. The first-order chi connectivity index (χ1) is 7.29. The summed E-state index contributed by atoms with van der Waals surface area (Å²) in [6.07, 6.45) is -2.23. The molecule has 0 aliphatic heterocycles. The molecule has 0 aliphatic rings. The Labute approximate surface area is 95.2 Å². The maximum Gasteiger partial charge on any atom is 0.266 e. The normalized spacial score (nSPS) is 11.9. The van der Waals surface area contributed by atoms with E-state index < -0.39 is 37.8 Å². The Morgan fingerprint density at radius 2 is 2.12 bits per heavy atom. The molecule has 0 aliphatic carbocycles. The topological polar surface area (TPSA) is 82.3 Å². The van der Waals surface area contributed by atoms with Crippen molar-refractivity contribution in [3.05, 3.63) is 16.8 Å². The second-order valence-corrected chi connectivity index (χ2v) is 4.61. The molecule has 9 heteroatoms. The Balaban J connectivity index is 3.70. The quantitative estimate of drug-likeness (QED) is 0.900. The number of hydrogen-bond acceptors (Lipinski definition) is 4. The van der Waals surface area contributed by atoms with Crippen LogP contribution >= 0.6 is 11.6 Å². The van der Waals surface area contributed by atoms with E-state index in [2.05, 4.69) is 9.72 Å². The van der Waals surface area contributed by atoms with E-state index in [4.69, 9.17) is 16.7 Å². The number of methoxy groups -OCH3 is 1. The van der Waals surface area contributed by atoms with Crippen molar-refractivity contribution in [3.8, 4) is 5.88 Å². The molecule has 0 aromatic carbocycles. The van der Waals surface area contributed by atoms with Gasteiger partial charge in [0, 0.05) is 0 Å². The van der Waals surface area contributed by atoms with Crippen LogP contribution < -0.4 is 9.88 Å². The van der Waals surface area contributed by atoms with Gasteiger partial charge in [0.15, 0.2) is 4.90 Å². The molecule has 90 valence electrons. The van der Waals surface area contributed by atoms with Gasteiger partial charge in [0.05, 0.1) is 23.9 Å². The highest BCUT2D eigenvalue weighted by Gasteiger charge is 2.29. The summed E-state index contributed by atoms with van der Waals surface area (Å²) < 4.78 is 52.2. The molecule has 0 saturated heterocycles. The van der Waals surface area contributed by atoms with E-state index in [1.54, 1.807) is 0 Å². The predicted octanol–water partition coefficient (Wildman–Crippen LogP) is 1.33. The first kappa shape index (κ1) is 13.1. The van der Waals surface area contributed by atoms with Crippen LogP contribution in [0.25, 0.3) is 0 Å². The number of alkyl halides is 2. The van der Waals surface area contributed by atoms with Gasteiger partial charge < -0.3 is 4.74 Å². The number of nitrogens with zero attached hydrogens (tertiary/aromatic N) is 1. The zero-order valence-corrected chi connectivity index (χ0v) is 9.52. The van der Waals surface area contributed by atoms with Crippen molar-refractivity contribution >= 4 is 21.6 Å². The van der Waals surface area contributed by atoms with E-state index in [9.17, 15) is 17.2 Å². The van der Waals surface area contributed by atoms with Gasteiger partial charge in [0.1, 0.15) is 0 Å². The molecule has 5 nitrogen and oxygen atoms in total. The highest BCUT2D eigenvalue weighted by Crippen LogP contribution is 2.36. The van der Waals surface area contributed by atoms with Crippen LogP contribution in [-0.2, 0) is 10.0 Å². The number of sulfonamides is 1.